The first-order valence-electron chi connectivity index (χ1n) is 7.96. The molecule has 1 aromatic rings. The molecule has 2 fully saturated rings. The zero-order valence-electron chi connectivity index (χ0n) is 12.4. The first kappa shape index (κ1) is 14.3. The van der Waals surface area contributed by atoms with E-state index in [4.69, 9.17) is 5.26 Å². The van der Waals surface area contributed by atoms with Crippen molar-refractivity contribution in [3.05, 3.63) is 29.6 Å². The molecule has 0 saturated carbocycles. The molecule has 4 heteroatoms. The van der Waals surface area contributed by atoms with Crippen LogP contribution in [0.2, 0.25) is 0 Å². The number of nitriles is 1. The molecule has 2 aliphatic heterocycles. The van der Waals surface area contributed by atoms with Gasteiger partial charge in [0.2, 0.25) is 0 Å². The highest BCUT2D eigenvalue weighted by Crippen LogP contribution is 2.26. The summed E-state index contributed by atoms with van der Waals surface area (Å²) >= 11 is 0. The first-order chi connectivity index (χ1) is 10.3. The lowest BCUT2D eigenvalue weighted by atomic mass is 9.99. The third-order valence-electron chi connectivity index (χ3n) is 4.75. The monoisotopic (exact) mass is 287 g/mol. The van der Waals surface area contributed by atoms with Crippen molar-refractivity contribution in [1.82, 2.24) is 4.90 Å². The van der Waals surface area contributed by atoms with Crippen LogP contribution in [0.25, 0.3) is 0 Å². The Balaban J connectivity index is 1.63. The van der Waals surface area contributed by atoms with Gasteiger partial charge in [0.1, 0.15) is 5.82 Å². The molecule has 0 aliphatic carbocycles. The summed E-state index contributed by atoms with van der Waals surface area (Å²) in [5.41, 5.74) is 1.26. The fourth-order valence-electron chi connectivity index (χ4n) is 3.59. The molecule has 0 spiro atoms. The highest BCUT2D eigenvalue weighted by Gasteiger charge is 2.25. The van der Waals surface area contributed by atoms with Crippen molar-refractivity contribution in [2.24, 2.45) is 0 Å². The Kier molecular flexibility index (Phi) is 4.40. The second-order valence-corrected chi connectivity index (χ2v) is 6.12. The van der Waals surface area contributed by atoms with E-state index in [1.165, 1.54) is 38.4 Å². The van der Waals surface area contributed by atoms with E-state index in [2.05, 4.69) is 9.80 Å². The number of likely N-dealkylation sites (tertiary alicyclic amines) is 1. The van der Waals surface area contributed by atoms with E-state index in [-0.39, 0.29) is 5.82 Å². The van der Waals surface area contributed by atoms with Gasteiger partial charge in [-0.25, -0.2) is 4.39 Å². The van der Waals surface area contributed by atoms with Gasteiger partial charge in [0.05, 0.1) is 11.6 Å². The predicted molar refractivity (Wildman–Crippen MR) is 81.8 cm³/mol. The van der Waals surface area contributed by atoms with Crippen LogP contribution in [0.3, 0.4) is 0 Å². The zero-order valence-corrected chi connectivity index (χ0v) is 12.4. The van der Waals surface area contributed by atoms with Crippen LogP contribution in [-0.2, 0) is 0 Å². The van der Waals surface area contributed by atoms with Crippen LogP contribution in [0, 0.1) is 17.1 Å². The third-order valence-corrected chi connectivity index (χ3v) is 4.75. The van der Waals surface area contributed by atoms with Crippen molar-refractivity contribution < 1.29 is 4.39 Å². The minimum atomic E-state index is -0.317. The van der Waals surface area contributed by atoms with Crippen LogP contribution < -0.4 is 4.90 Å². The lowest BCUT2D eigenvalue weighted by molar-refractivity contribution is 0.141. The lowest BCUT2D eigenvalue weighted by Crippen LogP contribution is -2.46. The Hall–Kier alpha value is -1.60. The van der Waals surface area contributed by atoms with Gasteiger partial charge in [-0.15, -0.1) is 0 Å². The molecule has 21 heavy (non-hydrogen) atoms. The van der Waals surface area contributed by atoms with Crippen molar-refractivity contribution in [2.45, 2.75) is 38.1 Å². The van der Waals surface area contributed by atoms with Crippen LogP contribution >= 0.6 is 0 Å². The Bertz CT molecular complexity index is 523. The quantitative estimate of drug-likeness (QED) is 0.837. The van der Waals surface area contributed by atoms with Crippen molar-refractivity contribution in [1.29, 1.82) is 5.26 Å². The molecule has 1 aromatic carbocycles. The number of piperidine rings is 2. The Labute approximate surface area is 126 Å². The summed E-state index contributed by atoms with van der Waals surface area (Å²) < 4.78 is 13.6. The Morgan fingerprint density at radius 1 is 1.00 bits per heavy atom. The fourth-order valence-corrected chi connectivity index (χ4v) is 3.59. The maximum absolute atomic E-state index is 13.6. The minimum Gasteiger partial charge on any atom is -0.371 e. The molecule has 112 valence electrons. The Morgan fingerprint density at radius 2 is 1.71 bits per heavy atom. The van der Waals surface area contributed by atoms with E-state index < -0.39 is 0 Å². The van der Waals surface area contributed by atoms with Crippen molar-refractivity contribution in [3.63, 3.8) is 0 Å². The summed E-state index contributed by atoms with van der Waals surface area (Å²) in [6.07, 6.45) is 6.30. The molecule has 0 N–H and O–H groups in total. The smallest absolute Gasteiger partial charge is 0.126 e. The lowest BCUT2D eigenvalue weighted by Gasteiger charge is -2.41. The molecule has 3 rings (SSSR count). The SMILES string of the molecule is N#Cc1cc(F)cc(N2CCC(N3CCCCC3)CC2)c1. The normalized spacial score (nSPS) is 21.2. The largest absolute Gasteiger partial charge is 0.371 e. The topological polar surface area (TPSA) is 30.3 Å². The van der Waals surface area contributed by atoms with E-state index in [0.29, 0.717) is 11.6 Å². The summed E-state index contributed by atoms with van der Waals surface area (Å²) in [5.74, 6) is -0.317. The number of rotatable bonds is 2. The number of benzene rings is 1. The summed E-state index contributed by atoms with van der Waals surface area (Å²) in [7, 11) is 0. The van der Waals surface area contributed by atoms with Crippen LogP contribution in [-0.4, -0.2) is 37.1 Å². The fraction of sp³-hybridized carbons (Fsp3) is 0.588. The second kappa shape index (κ2) is 6.44. The highest BCUT2D eigenvalue weighted by molar-refractivity contribution is 5.52. The zero-order chi connectivity index (χ0) is 14.7. The van der Waals surface area contributed by atoms with Gasteiger partial charge in [-0.3, -0.25) is 0 Å². The third kappa shape index (κ3) is 3.36. The molecule has 2 heterocycles. The van der Waals surface area contributed by atoms with Crippen LogP contribution in [0.1, 0.15) is 37.7 Å². The van der Waals surface area contributed by atoms with Gasteiger partial charge in [-0.2, -0.15) is 5.26 Å². The van der Waals surface area contributed by atoms with Crippen LogP contribution in [0.5, 0.6) is 0 Å². The number of hydrogen-bond acceptors (Lipinski definition) is 3. The van der Waals surface area contributed by atoms with Crippen LogP contribution in [0.4, 0.5) is 10.1 Å². The molecule has 0 aromatic heterocycles. The van der Waals surface area contributed by atoms with Crippen molar-refractivity contribution in [3.8, 4) is 6.07 Å². The summed E-state index contributed by atoms with van der Waals surface area (Å²) in [5, 5.41) is 8.96. The van der Waals surface area contributed by atoms with E-state index >= 15 is 0 Å². The number of halogens is 1. The standard InChI is InChI=1S/C17H22FN3/c18-15-10-14(13-19)11-17(12-15)21-8-4-16(5-9-21)20-6-2-1-3-7-20/h10-12,16H,1-9H2. The molecule has 0 atom stereocenters. The molecule has 3 nitrogen and oxygen atoms in total. The maximum atomic E-state index is 13.6. The molecule has 0 bridgehead atoms. The second-order valence-electron chi connectivity index (χ2n) is 6.12. The summed E-state index contributed by atoms with van der Waals surface area (Å²) in [6.45, 7) is 4.39. The van der Waals surface area contributed by atoms with Gasteiger partial charge in [0.25, 0.3) is 0 Å². The Morgan fingerprint density at radius 3 is 2.38 bits per heavy atom. The van der Waals surface area contributed by atoms with Gasteiger partial charge in [0, 0.05) is 24.8 Å². The molecule has 0 amide bonds. The molecule has 0 radical (unpaired) electrons. The van der Waals surface area contributed by atoms with Gasteiger partial charge in [0.15, 0.2) is 0 Å². The van der Waals surface area contributed by atoms with E-state index in [1.54, 1.807) is 12.1 Å². The molecule has 2 saturated heterocycles. The van der Waals surface area contributed by atoms with Gasteiger partial charge in [-0.1, -0.05) is 6.42 Å². The van der Waals surface area contributed by atoms with Crippen molar-refractivity contribution >= 4 is 5.69 Å². The molecular formula is C17H22FN3. The maximum Gasteiger partial charge on any atom is 0.126 e. The first-order valence-corrected chi connectivity index (χ1v) is 7.96. The average molecular weight is 287 g/mol. The van der Waals surface area contributed by atoms with Gasteiger partial charge >= 0.3 is 0 Å². The van der Waals surface area contributed by atoms with Gasteiger partial charge < -0.3 is 9.80 Å². The molecule has 2 aliphatic rings. The highest BCUT2D eigenvalue weighted by atomic mass is 19.1. The van der Waals surface area contributed by atoms with E-state index in [1.807, 2.05) is 6.07 Å². The van der Waals surface area contributed by atoms with Gasteiger partial charge in [-0.05, 0) is 57.0 Å². The number of nitrogens with zero attached hydrogens (tertiary/aromatic N) is 3. The number of anilines is 1. The van der Waals surface area contributed by atoms with Crippen LogP contribution in [0.15, 0.2) is 18.2 Å². The summed E-state index contributed by atoms with van der Waals surface area (Å²) in [4.78, 5) is 4.84. The predicted octanol–water partition coefficient (Wildman–Crippen LogP) is 3.15. The summed E-state index contributed by atoms with van der Waals surface area (Å²) in [6, 6.07) is 7.35. The number of hydrogen-bond donors (Lipinski definition) is 0. The molecule has 0 unspecified atom stereocenters. The van der Waals surface area contributed by atoms with E-state index in [0.717, 1.165) is 31.6 Å². The molecular weight excluding hydrogens is 265 g/mol. The minimum absolute atomic E-state index is 0.317. The van der Waals surface area contributed by atoms with Crippen molar-refractivity contribution in [2.75, 3.05) is 31.1 Å². The average Bonchev–Trinajstić information content (AvgIpc) is 2.55. The van der Waals surface area contributed by atoms with E-state index in [9.17, 15) is 4.39 Å².